The minimum atomic E-state index is -0.785. The lowest BCUT2D eigenvalue weighted by Gasteiger charge is -2.05. The van der Waals surface area contributed by atoms with Crippen LogP contribution in [0.25, 0.3) is 33.7 Å². The Morgan fingerprint density at radius 2 is 2.17 bits per heavy atom. The predicted molar refractivity (Wildman–Crippen MR) is 107 cm³/mol. The molecular weight excluding hydrogens is 394 g/mol. The van der Waals surface area contributed by atoms with Crippen LogP contribution in [0.2, 0.25) is 5.02 Å². The number of benzene rings is 2. The summed E-state index contributed by atoms with van der Waals surface area (Å²) in [5, 5.41) is 24.2. The molecule has 2 aromatic carbocycles. The molecule has 0 fully saturated rings. The first-order valence-electron chi connectivity index (χ1n) is 9.19. The molecule has 1 aliphatic carbocycles. The van der Waals surface area contributed by atoms with Crippen molar-refractivity contribution >= 4 is 28.5 Å². The molecule has 0 amide bonds. The van der Waals surface area contributed by atoms with E-state index in [-0.39, 0.29) is 29.0 Å². The number of carboxylic acid groups (broad SMARTS) is 1. The molecule has 0 bridgehead atoms. The van der Waals surface area contributed by atoms with Gasteiger partial charge in [0, 0.05) is 28.1 Å². The summed E-state index contributed by atoms with van der Waals surface area (Å²) in [4.78, 5) is 18.9. The van der Waals surface area contributed by atoms with Crippen molar-refractivity contribution in [2.75, 3.05) is 0 Å². The number of fused-ring (bicyclic) bond motifs is 3. The zero-order chi connectivity index (χ0) is 20.1. The number of hydrogen-bond donors (Lipinski definition) is 3. The lowest BCUT2D eigenvalue weighted by atomic mass is 10.0. The van der Waals surface area contributed by atoms with Gasteiger partial charge in [-0.1, -0.05) is 22.8 Å². The van der Waals surface area contributed by atoms with Crippen molar-refractivity contribution in [3.8, 4) is 28.6 Å². The van der Waals surface area contributed by atoms with Crippen molar-refractivity contribution in [3.05, 3.63) is 52.7 Å². The van der Waals surface area contributed by atoms with Gasteiger partial charge in [-0.25, -0.2) is 0 Å². The molecule has 0 aliphatic heterocycles. The van der Waals surface area contributed by atoms with Crippen LogP contribution in [-0.2, 0) is 11.2 Å². The van der Waals surface area contributed by atoms with Crippen LogP contribution < -0.4 is 0 Å². The van der Waals surface area contributed by atoms with Crippen molar-refractivity contribution in [2.45, 2.75) is 25.2 Å². The molecule has 0 radical (unpaired) electrons. The molecular formula is C21H16ClN3O4. The van der Waals surface area contributed by atoms with Gasteiger partial charge in [0.2, 0.25) is 5.82 Å². The van der Waals surface area contributed by atoms with Gasteiger partial charge < -0.3 is 19.7 Å². The zero-order valence-corrected chi connectivity index (χ0v) is 15.9. The van der Waals surface area contributed by atoms with Crippen LogP contribution in [0.3, 0.4) is 0 Å². The lowest BCUT2D eigenvalue weighted by Crippen LogP contribution is -2.03. The second-order valence-electron chi connectivity index (χ2n) is 7.17. The van der Waals surface area contributed by atoms with Crippen LogP contribution in [-0.4, -0.2) is 31.3 Å². The van der Waals surface area contributed by atoms with Crippen LogP contribution in [0.1, 0.15) is 30.0 Å². The highest BCUT2D eigenvalue weighted by atomic mass is 35.5. The predicted octanol–water partition coefficient (Wildman–Crippen LogP) is 4.75. The van der Waals surface area contributed by atoms with Gasteiger partial charge in [0.25, 0.3) is 5.89 Å². The van der Waals surface area contributed by atoms with Gasteiger partial charge >= 0.3 is 5.97 Å². The summed E-state index contributed by atoms with van der Waals surface area (Å²) in [5.74, 6) is -0.183. The number of carboxylic acids is 1. The summed E-state index contributed by atoms with van der Waals surface area (Å²) in [5.41, 5.74) is 4.39. The Kier molecular flexibility index (Phi) is 4.06. The normalized spacial score (nSPS) is 15.7. The van der Waals surface area contributed by atoms with Gasteiger partial charge in [-0.05, 0) is 48.7 Å². The number of aromatic amines is 1. The SMILES string of the molecule is O=C(O)CC1CCc2c1[nH]c1ccc(-c3noc(-c4cccc(O)c4Cl)n3)cc21. The number of phenolic OH excluding ortho intramolecular Hbond substituents is 1. The molecule has 2 heterocycles. The van der Waals surface area contributed by atoms with E-state index in [0.717, 1.165) is 40.6 Å². The van der Waals surface area contributed by atoms with Gasteiger partial charge in [-0.3, -0.25) is 4.79 Å². The third-order valence-corrected chi connectivity index (χ3v) is 5.80. The average Bonchev–Trinajstić information content (AvgIpc) is 3.40. The van der Waals surface area contributed by atoms with E-state index in [2.05, 4.69) is 15.1 Å². The molecule has 146 valence electrons. The first-order valence-corrected chi connectivity index (χ1v) is 9.57. The monoisotopic (exact) mass is 409 g/mol. The molecule has 7 nitrogen and oxygen atoms in total. The molecule has 0 saturated carbocycles. The quantitative estimate of drug-likeness (QED) is 0.448. The number of halogens is 1. The number of rotatable bonds is 4. The van der Waals surface area contributed by atoms with Crippen molar-refractivity contribution < 1.29 is 19.5 Å². The summed E-state index contributed by atoms with van der Waals surface area (Å²) in [7, 11) is 0. The Hall–Kier alpha value is -3.32. The van der Waals surface area contributed by atoms with Crippen molar-refractivity contribution in [1.29, 1.82) is 0 Å². The summed E-state index contributed by atoms with van der Waals surface area (Å²) >= 11 is 6.14. The maximum atomic E-state index is 11.1. The van der Waals surface area contributed by atoms with E-state index in [1.54, 1.807) is 12.1 Å². The molecule has 2 aromatic heterocycles. The van der Waals surface area contributed by atoms with Gasteiger partial charge in [0.1, 0.15) is 5.75 Å². The Bertz CT molecular complexity index is 1260. The third-order valence-electron chi connectivity index (χ3n) is 5.40. The smallest absolute Gasteiger partial charge is 0.304 e. The molecule has 8 heteroatoms. The van der Waals surface area contributed by atoms with E-state index in [1.807, 2.05) is 18.2 Å². The fourth-order valence-electron chi connectivity index (χ4n) is 4.04. The topological polar surface area (TPSA) is 112 Å². The standard InChI is InChI=1S/C21H16ClN3O4/c22-18-13(2-1-3-16(18)26)21-24-20(25-29-21)11-5-7-15-14(8-11)12-6-4-10(9-17(27)28)19(12)23-15/h1-3,5,7-8,10,23,26H,4,6,9H2,(H,27,28). The number of aromatic hydroxyl groups is 1. The number of carbonyl (C=O) groups is 1. The summed E-state index contributed by atoms with van der Waals surface area (Å²) in [6.07, 6.45) is 1.80. The zero-order valence-electron chi connectivity index (χ0n) is 15.1. The minimum Gasteiger partial charge on any atom is -0.506 e. The van der Waals surface area contributed by atoms with Crippen molar-refractivity contribution in [3.63, 3.8) is 0 Å². The van der Waals surface area contributed by atoms with Crippen LogP contribution in [0.4, 0.5) is 0 Å². The fourth-order valence-corrected chi connectivity index (χ4v) is 4.25. The molecule has 29 heavy (non-hydrogen) atoms. The second kappa shape index (κ2) is 6.63. The number of H-pyrrole nitrogens is 1. The Morgan fingerprint density at radius 3 is 3.00 bits per heavy atom. The lowest BCUT2D eigenvalue weighted by molar-refractivity contribution is -0.137. The molecule has 0 saturated heterocycles. The van der Waals surface area contributed by atoms with Gasteiger partial charge in [0.15, 0.2) is 0 Å². The molecule has 0 spiro atoms. The largest absolute Gasteiger partial charge is 0.506 e. The number of nitrogens with zero attached hydrogens (tertiary/aromatic N) is 2. The molecule has 1 unspecified atom stereocenters. The van der Waals surface area contributed by atoms with E-state index >= 15 is 0 Å². The molecule has 1 atom stereocenters. The maximum Gasteiger partial charge on any atom is 0.304 e. The third kappa shape index (κ3) is 2.94. The number of phenols is 1. The van der Waals surface area contributed by atoms with E-state index in [4.69, 9.17) is 21.2 Å². The van der Waals surface area contributed by atoms with Gasteiger partial charge in [-0.2, -0.15) is 4.98 Å². The number of aromatic nitrogens is 3. The van der Waals surface area contributed by atoms with Crippen molar-refractivity contribution in [2.24, 2.45) is 0 Å². The number of aryl methyl sites for hydroxylation is 1. The summed E-state index contributed by atoms with van der Waals surface area (Å²) in [6, 6.07) is 10.7. The Labute approximate surface area is 169 Å². The van der Waals surface area contributed by atoms with Crippen LogP contribution in [0.5, 0.6) is 5.75 Å². The number of hydrogen-bond acceptors (Lipinski definition) is 5. The molecule has 5 rings (SSSR count). The maximum absolute atomic E-state index is 11.1. The Balaban J connectivity index is 1.53. The molecule has 3 N–H and O–H groups in total. The van der Waals surface area contributed by atoms with Gasteiger partial charge in [0.05, 0.1) is 17.0 Å². The van der Waals surface area contributed by atoms with E-state index < -0.39 is 5.97 Å². The minimum absolute atomic E-state index is 0.0167. The summed E-state index contributed by atoms with van der Waals surface area (Å²) < 4.78 is 5.36. The average molecular weight is 410 g/mol. The Morgan fingerprint density at radius 1 is 1.31 bits per heavy atom. The van der Waals surface area contributed by atoms with Crippen LogP contribution >= 0.6 is 11.6 Å². The van der Waals surface area contributed by atoms with Crippen molar-refractivity contribution in [1.82, 2.24) is 15.1 Å². The number of aliphatic carboxylic acids is 1. The highest BCUT2D eigenvalue weighted by Crippen LogP contribution is 2.40. The van der Waals surface area contributed by atoms with E-state index in [9.17, 15) is 9.90 Å². The molecule has 1 aliphatic rings. The van der Waals surface area contributed by atoms with Gasteiger partial charge in [-0.15, -0.1) is 0 Å². The highest BCUT2D eigenvalue weighted by Gasteiger charge is 2.28. The first-order chi connectivity index (χ1) is 14.0. The first kappa shape index (κ1) is 17.8. The fraction of sp³-hybridized carbons (Fsp3) is 0.190. The molecule has 4 aromatic rings. The van der Waals surface area contributed by atoms with E-state index in [1.165, 1.54) is 6.07 Å². The summed E-state index contributed by atoms with van der Waals surface area (Å²) in [6.45, 7) is 0. The van der Waals surface area contributed by atoms with Crippen LogP contribution in [0.15, 0.2) is 40.9 Å². The highest BCUT2D eigenvalue weighted by molar-refractivity contribution is 6.34. The second-order valence-corrected chi connectivity index (χ2v) is 7.55. The van der Waals surface area contributed by atoms with E-state index in [0.29, 0.717) is 11.4 Å². The van der Waals surface area contributed by atoms with Crippen LogP contribution in [0, 0.1) is 0 Å². The number of nitrogens with one attached hydrogen (secondary N) is 1.